The number of amides is 1. The van der Waals surface area contributed by atoms with E-state index in [9.17, 15) is 9.59 Å². The molecule has 6 heteroatoms. The number of esters is 1. The summed E-state index contributed by atoms with van der Waals surface area (Å²) < 4.78 is 10.4. The first-order valence-electron chi connectivity index (χ1n) is 7.61. The van der Waals surface area contributed by atoms with Crippen LogP contribution in [0.25, 0.3) is 0 Å². The third-order valence-electron chi connectivity index (χ3n) is 2.49. The lowest BCUT2D eigenvalue weighted by atomic mass is 10.1. The summed E-state index contributed by atoms with van der Waals surface area (Å²) in [6.07, 6.45) is 1.90. The number of aryl methyl sites for hydroxylation is 1. The van der Waals surface area contributed by atoms with Crippen LogP contribution in [0, 0.1) is 0 Å². The molecule has 0 aliphatic carbocycles. The molecule has 128 valence electrons. The molecule has 1 rings (SSSR count). The maximum atomic E-state index is 11.7. The molecule has 1 amide bonds. The summed E-state index contributed by atoms with van der Waals surface area (Å²) in [6, 6.07) is 3.48. The maximum absolute atomic E-state index is 11.7. The summed E-state index contributed by atoms with van der Waals surface area (Å²) in [7, 11) is 0. The Balaban J connectivity index is 2.48. The Kier molecular flexibility index (Phi) is 6.12. The quantitative estimate of drug-likeness (QED) is 0.855. The zero-order valence-electron chi connectivity index (χ0n) is 14.7. The molecule has 1 heterocycles. The topological polar surface area (TPSA) is 77.5 Å². The van der Waals surface area contributed by atoms with Crippen molar-refractivity contribution < 1.29 is 19.1 Å². The van der Waals surface area contributed by atoms with E-state index in [-0.39, 0.29) is 12.4 Å². The molecule has 0 bridgehead atoms. The van der Waals surface area contributed by atoms with E-state index in [0.29, 0.717) is 12.2 Å². The lowest BCUT2D eigenvalue weighted by Gasteiger charge is -2.19. The highest BCUT2D eigenvalue weighted by molar-refractivity contribution is 5.83. The van der Waals surface area contributed by atoms with Gasteiger partial charge in [0.15, 0.2) is 0 Å². The average Bonchev–Trinajstić information content (AvgIpc) is 2.33. The van der Waals surface area contributed by atoms with Crippen LogP contribution in [0.3, 0.4) is 0 Å². The monoisotopic (exact) mass is 322 g/mol. The van der Waals surface area contributed by atoms with Crippen LogP contribution in [0.4, 0.5) is 10.6 Å². The number of nitrogens with one attached hydrogen (secondary N) is 1. The second-order valence-corrected chi connectivity index (χ2v) is 7.27. The van der Waals surface area contributed by atoms with Crippen molar-refractivity contribution in [3.05, 3.63) is 23.9 Å². The molecule has 1 aromatic rings. The van der Waals surface area contributed by atoms with Gasteiger partial charge in [-0.05, 0) is 59.6 Å². The first-order chi connectivity index (χ1) is 10.4. The molecule has 0 unspecified atom stereocenters. The molecule has 0 saturated heterocycles. The second-order valence-electron chi connectivity index (χ2n) is 7.27. The van der Waals surface area contributed by atoms with Crippen LogP contribution >= 0.6 is 0 Å². The average molecular weight is 322 g/mol. The Morgan fingerprint density at radius 1 is 1.04 bits per heavy atom. The normalized spacial score (nSPS) is 11.7. The summed E-state index contributed by atoms with van der Waals surface area (Å²) in [5, 5.41) is 2.56. The third-order valence-corrected chi connectivity index (χ3v) is 2.49. The number of nitrogens with zero attached hydrogens (tertiary/aromatic N) is 1. The number of ether oxygens (including phenoxy) is 2. The number of hydrogen-bond donors (Lipinski definition) is 1. The Morgan fingerprint density at radius 2 is 1.65 bits per heavy atom. The number of aromatic nitrogens is 1. The highest BCUT2D eigenvalue weighted by Gasteiger charge is 2.17. The fourth-order valence-electron chi connectivity index (χ4n) is 1.69. The Hall–Kier alpha value is -2.11. The van der Waals surface area contributed by atoms with Gasteiger partial charge in [-0.15, -0.1) is 0 Å². The van der Waals surface area contributed by atoms with E-state index in [4.69, 9.17) is 9.47 Å². The van der Waals surface area contributed by atoms with E-state index >= 15 is 0 Å². The van der Waals surface area contributed by atoms with Gasteiger partial charge in [-0.2, -0.15) is 0 Å². The largest absolute Gasteiger partial charge is 0.460 e. The van der Waals surface area contributed by atoms with Gasteiger partial charge in [0.1, 0.15) is 17.0 Å². The smallest absolute Gasteiger partial charge is 0.413 e. The molecule has 0 radical (unpaired) electrons. The van der Waals surface area contributed by atoms with Crippen molar-refractivity contribution in [2.75, 3.05) is 5.32 Å². The molecule has 0 fully saturated rings. The second kappa shape index (κ2) is 7.44. The van der Waals surface area contributed by atoms with Crippen LogP contribution in [0.5, 0.6) is 0 Å². The van der Waals surface area contributed by atoms with Crippen molar-refractivity contribution >= 4 is 17.9 Å². The minimum atomic E-state index is -0.558. The summed E-state index contributed by atoms with van der Waals surface area (Å²) in [4.78, 5) is 27.4. The lowest BCUT2D eigenvalue weighted by Crippen LogP contribution is -2.27. The zero-order chi connectivity index (χ0) is 17.7. The van der Waals surface area contributed by atoms with Crippen molar-refractivity contribution in [3.8, 4) is 0 Å². The van der Waals surface area contributed by atoms with Gasteiger partial charge in [0.25, 0.3) is 0 Å². The third kappa shape index (κ3) is 8.80. The fraction of sp³-hybridized carbons (Fsp3) is 0.588. The maximum Gasteiger partial charge on any atom is 0.413 e. The van der Waals surface area contributed by atoms with Crippen molar-refractivity contribution in [1.29, 1.82) is 0 Å². The first kappa shape index (κ1) is 18.9. The Morgan fingerprint density at radius 3 is 2.13 bits per heavy atom. The van der Waals surface area contributed by atoms with E-state index in [1.807, 2.05) is 26.8 Å². The molecule has 1 N–H and O–H groups in total. The van der Waals surface area contributed by atoms with Gasteiger partial charge in [-0.1, -0.05) is 6.07 Å². The van der Waals surface area contributed by atoms with Crippen molar-refractivity contribution in [3.63, 3.8) is 0 Å². The van der Waals surface area contributed by atoms with Gasteiger partial charge in [0.2, 0.25) is 0 Å². The number of carbonyl (C=O) groups is 2. The Labute approximate surface area is 137 Å². The molecule has 1 aromatic heterocycles. The van der Waals surface area contributed by atoms with E-state index in [1.54, 1.807) is 33.0 Å². The van der Waals surface area contributed by atoms with Crippen LogP contribution in [0.1, 0.15) is 53.5 Å². The predicted octanol–water partition coefficient (Wildman–Crippen LogP) is 3.70. The number of anilines is 1. The fourth-order valence-corrected chi connectivity index (χ4v) is 1.69. The number of carbonyl (C=O) groups excluding carboxylic acids is 2. The molecule has 0 aliphatic heterocycles. The molecule has 6 nitrogen and oxygen atoms in total. The molecular formula is C17H26N2O4. The van der Waals surface area contributed by atoms with Crippen LogP contribution in [0.15, 0.2) is 18.3 Å². The van der Waals surface area contributed by atoms with Crippen LogP contribution in [-0.4, -0.2) is 28.2 Å². The van der Waals surface area contributed by atoms with Crippen LogP contribution < -0.4 is 5.32 Å². The lowest BCUT2D eigenvalue weighted by molar-refractivity contribution is -0.154. The Bertz CT molecular complexity index is 539. The minimum Gasteiger partial charge on any atom is -0.460 e. The summed E-state index contributed by atoms with van der Waals surface area (Å²) in [6.45, 7) is 10.9. The van der Waals surface area contributed by atoms with Gasteiger partial charge in [-0.3, -0.25) is 10.1 Å². The van der Waals surface area contributed by atoms with E-state index < -0.39 is 17.3 Å². The molecule has 0 saturated carbocycles. The predicted molar refractivity (Wildman–Crippen MR) is 88.3 cm³/mol. The molecule has 0 aliphatic rings. The van der Waals surface area contributed by atoms with Crippen LogP contribution in [-0.2, 0) is 20.7 Å². The number of hydrogen-bond acceptors (Lipinski definition) is 5. The number of rotatable bonds is 4. The molecule has 23 heavy (non-hydrogen) atoms. The van der Waals surface area contributed by atoms with Crippen molar-refractivity contribution in [2.24, 2.45) is 0 Å². The zero-order valence-corrected chi connectivity index (χ0v) is 14.7. The first-order valence-corrected chi connectivity index (χ1v) is 7.61. The van der Waals surface area contributed by atoms with Gasteiger partial charge >= 0.3 is 12.1 Å². The van der Waals surface area contributed by atoms with Gasteiger partial charge in [0.05, 0.1) is 0 Å². The standard InChI is InChI=1S/C17H26N2O4/c1-16(2,3)22-14(20)10-8-12-7-9-13(18-11-12)19-15(21)23-17(4,5)6/h7,9,11H,8,10H2,1-6H3,(H,18,19,21). The van der Waals surface area contributed by atoms with Crippen LogP contribution in [0.2, 0.25) is 0 Å². The highest BCUT2D eigenvalue weighted by atomic mass is 16.6. The molecule has 0 atom stereocenters. The summed E-state index contributed by atoms with van der Waals surface area (Å²) in [5.41, 5.74) is -0.140. The SMILES string of the molecule is CC(C)(C)OC(=O)CCc1ccc(NC(=O)OC(C)(C)C)nc1. The van der Waals surface area contributed by atoms with Gasteiger partial charge in [0, 0.05) is 12.6 Å². The van der Waals surface area contributed by atoms with E-state index in [0.717, 1.165) is 5.56 Å². The van der Waals surface area contributed by atoms with Gasteiger partial charge in [-0.25, -0.2) is 9.78 Å². The van der Waals surface area contributed by atoms with Crippen molar-refractivity contribution in [2.45, 2.75) is 65.6 Å². The molecular weight excluding hydrogens is 296 g/mol. The molecule has 0 aromatic carbocycles. The molecule has 0 spiro atoms. The summed E-state index contributed by atoms with van der Waals surface area (Å²) in [5.74, 6) is 0.161. The van der Waals surface area contributed by atoms with Gasteiger partial charge < -0.3 is 9.47 Å². The highest BCUT2D eigenvalue weighted by Crippen LogP contribution is 2.13. The minimum absolute atomic E-state index is 0.242. The van der Waals surface area contributed by atoms with E-state index in [2.05, 4.69) is 10.3 Å². The van der Waals surface area contributed by atoms with E-state index in [1.165, 1.54) is 0 Å². The summed E-state index contributed by atoms with van der Waals surface area (Å²) >= 11 is 0. The van der Waals surface area contributed by atoms with Crippen molar-refractivity contribution in [1.82, 2.24) is 4.98 Å². The number of pyridine rings is 1.